The van der Waals surface area contributed by atoms with E-state index in [2.05, 4.69) is 26.3 Å². The van der Waals surface area contributed by atoms with Crippen LogP contribution in [0.5, 0.6) is 0 Å². The summed E-state index contributed by atoms with van der Waals surface area (Å²) >= 11 is 3.42. The van der Waals surface area contributed by atoms with Gasteiger partial charge in [-0.3, -0.25) is 10.8 Å². The molecule has 1 heterocycles. The van der Waals surface area contributed by atoms with E-state index in [-0.39, 0.29) is 11.9 Å². The molecule has 0 amide bonds. The van der Waals surface area contributed by atoms with Crippen LogP contribution in [-0.2, 0) is 0 Å². The first-order valence-corrected chi connectivity index (χ1v) is 6.25. The molecule has 0 spiro atoms. The van der Waals surface area contributed by atoms with Crippen molar-refractivity contribution in [3.05, 3.63) is 63.6 Å². The second kappa shape index (κ2) is 5.56. The van der Waals surface area contributed by atoms with Crippen LogP contribution in [0.4, 0.5) is 4.39 Å². The van der Waals surface area contributed by atoms with E-state index < -0.39 is 0 Å². The smallest absolute Gasteiger partial charge is 0.126 e. The lowest BCUT2D eigenvalue weighted by Crippen LogP contribution is -2.29. The fourth-order valence-electron chi connectivity index (χ4n) is 1.73. The fourth-order valence-corrected chi connectivity index (χ4v) is 2.22. The molecule has 3 nitrogen and oxygen atoms in total. The van der Waals surface area contributed by atoms with Gasteiger partial charge < -0.3 is 0 Å². The SMILES string of the molecule is Cc1ccc(C(NN)c2ncccc2Br)cc1F. The summed E-state index contributed by atoms with van der Waals surface area (Å²) < 4.78 is 14.4. The largest absolute Gasteiger partial charge is 0.271 e. The highest BCUT2D eigenvalue weighted by atomic mass is 79.9. The first kappa shape index (κ1) is 13.1. The molecule has 2 aromatic rings. The van der Waals surface area contributed by atoms with Crippen molar-refractivity contribution in [2.24, 2.45) is 5.84 Å². The number of hydrogen-bond donors (Lipinski definition) is 2. The molecule has 2 rings (SSSR count). The molecular weight excluding hydrogens is 297 g/mol. The second-order valence-electron chi connectivity index (χ2n) is 3.98. The predicted molar refractivity (Wildman–Crippen MR) is 72.2 cm³/mol. The van der Waals surface area contributed by atoms with Gasteiger partial charge in [-0.05, 0) is 52.2 Å². The van der Waals surface area contributed by atoms with Crippen molar-refractivity contribution in [2.75, 3.05) is 0 Å². The summed E-state index contributed by atoms with van der Waals surface area (Å²) in [6.45, 7) is 1.72. The number of pyridine rings is 1. The van der Waals surface area contributed by atoms with E-state index in [4.69, 9.17) is 5.84 Å². The first-order valence-electron chi connectivity index (χ1n) is 5.46. The van der Waals surface area contributed by atoms with Crippen LogP contribution in [0.3, 0.4) is 0 Å². The van der Waals surface area contributed by atoms with Gasteiger partial charge in [0.2, 0.25) is 0 Å². The molecule has 0 bridgehead atoms. The zero-order valence-electron chi connectivity index (χ0n) is 9.82. The lowest BCUT2D eigenvalue weighted by molar-refractivity contribution is 0.591. The van der Waals surface area contributed by atoms with Gasteiger partial charge in [-0.15, -0.1) is 0 Å². The van der Waals surface area contributed by atoms with Crippen molar-refractivity contribution < 1.29 is 4.39 Å². The number of nitrogens with two attached hydrogens (primary N) is 1. The summed E-state index contributed by atoms with van der Waals surface area (Å²) in [5, 5.41) is 0. The van der Waals surface area contributed by atoms with Gasteiger partial charge in [-0.25, -0.2) is 9.82 Å². The van der Waals surface area contributed by atoms with Crippen LogP contribution in [-0.4, -0.2) is 4.98 Å². The highest BCUT2D eigenvalue weighted by Crippen LogP contribution is 2.26. The predicted octanol–water partition coefficient (Wildman–Crippen LogP) is 2.84. The van der Waals surface area contributed by atoms with Gasteiger partial charge in [0.15, 0.2) is 0 Å². The van der Waals surface area contributed by atoms with Crippen molar-refractivity contribution in [3.63, 3.8) is 0 Å². The minimum absolute atomic E-state index is 0.250. The molecule has 0 aliphatic carbocycles. The monoisotopic (exact) mass is 309 g/mol. The number of aryl methyl sites for hydroxylation is 1. The maximum atomic E-state index is 13.6. The molecule has 94 valence electrons. The average Bonchev–Trinajstić information content (AvgIpc) is 2.37. The first-order chi connectivity index (χ1) is 8.63. The molecule has 5 heteroatoms. The van der Waals surface area contributed by atoms with E-state index in [0.717, 1.165) is 15.7 Å². The van der Waals surface area contributed by atoms with Gasteiger partial charge in [0.1, 0.15) is 5.82 Å². The van der Waals surface area contributed by atoms with Crippen molar-refractivity contribution in [1.82, 2.24) is 10.4 Å². The van der Waals surface area contributed by atoms with E-state index in [1.165, 1.54) is 6.07 Å². The summed E-state index contributed by atoms with van der Waals surface area (Å²) in [6.07, 6.45) is 1.68. The van der Waals surface area contributed by atoms with Crippen LogP contribution < -0.4 is 11.3 Å². The quantitative estimate of drug-likeness (QED) is 0.677. The highest BCUT2D eigenvalue weighted by molar-refractivity contribution is 9.10. The number of benzene rings is 1. The number of hydrazine groups is 1. The molecule has 1 atom stereocenters. The topological polar surface area (TPSA) is 50.9 Å². The van der Waals surface area contributed by atoms with Gasteiger partial charge in [0.05, 0.1) is 11.7 Å². The molecule has 1 aromatic carbocycles. The van der Waals surface area contributed by atoms with Gasteiger partial charge in [-0.1, -0.05) is 12.1 Å². The molecule has 3 N–H and O–H groups in total. The second-order valence-corrected chi connectivity index (χ2v) is 4.83. The van der Waals surface area contributed by atoms with E-state index in [9.17, 15) is 4.39 Å². The van der Waals surface area contributed by atoms with E-state index in [1.807, 2.05) is 18.2 Å². The molecular formula is C13H13BrFN3. The molecule has 1 unspecified atom stereocenters. The molecule has 0 fully saturated rings. The number of aromatic nitrogens is 1. The third kappa shape index (κ3) is 2.58. The van der Waals surface area contributed by atoms with Crippen LogP contribution in [0.2, 0.25) is 0 Å². The molecule has 1 aromatic heterocycles. The lowest BCUT2D eigenvalue weighted by atomic mass is 10.0. The Hall–Kier alpha value is -1.30. The minimum Gasteiger partial charge on any atom is -0.271 e. The number of nitrogens with one attached hydrogen (secondary N) is 1. The summed E-state index contributed by atoms with van der Waals surface area (Å²) in [5.74, 6) is 5.31. The maximum Gasteiger partial charge on any atom is 0.126 e. The Morgan fingerprint density at radius 1 is 1.39 bits per heavy atom. The van der Waals surface area contributed by atoms with Crippen LogP contribution in [0, 0.1) is 12.7 Å². The number of hydrogen-bond acceptors (Lipinski definition) is 3. The van der Waals surface area contributed by atoms with Gasteiger partial charge in [0.25, 0.3) is 0 Å². The van der Waals surface area contributed by atoms with E-state index >= 15 is 0 Å². The summed E-state index contributed by atoms with van der Waals surface area (Å²) in [5.41, 5.74) is 4.73. The number of rotatable bonds is 3. The lowest BCUT2D eigenvalue weighted by Gasteiger charge is -2.17. The van der Waals surface area contributed by atoms with Gasteiger partial charge >= 0.3 is 0 Å². The molecule has 0 aliphatic rings. The standard InChI is InChI=1S/C13H13BrFN3/c1-8-4-5-9(7-11(8)15)12(18-16)13-10(14)3-2-6-17-13/h2-7,12,18H,16H2,1H3. The highest BCUT2D eigenvalue weighted by Gasteiger charge is 2.17. The minimum atomic E-state index is -0.351. The Balaban J connectivity index is 2.45. The Bertz CT molecular complexity index is 560. The van der Waals surface area contributed by atoms with Crippen molar-refractivity contribution in [2.45, 2.75) is 13.0 Å². The van der Waals surface area contributed by atoms with Crippen molar-refractivity contribution >= 4 is 15.9 Å². The Kier molecular flexibility index (Phi) is 4.06. The molecule has 0 saturated heterocycles. The van der Waals surface area contributed by atoms with Crippen LogP contribution in [0.25, 0.3) is 0 Å². The molecule has 0 radical (unpaired) electrons. The number of halogens is 2. The summed E-state index contributed by atoms with van der Waals surface area (Å²) in [7, 11) is 0. The van der Waals surface area contributed by atoms with Gasteiger partial charge in [0, 0.05) is 10.7 Å². The number of nitrogens with zero attached hydrogens (tertiary/aromatic N) is 1. The Morgan fingerprint density at radius 2 is 2.17 bits per heavy atom. The molecule has 0 saturated carbocycles. The van der Waals surface area contributed by atoms with Crippen LogP contribution in [0.15, 0.2) is 41.0 Å². The zero-order valence-corrected chi connectivity index (χ0v) is 11.4. The van der Waals surface area contributed by atoms with E-state index in [0.29, 0.717) is 5.56 Å². The third-order valence-electron chi connectivity index (χ3n) is 2.76. The van der Waals surface area contributed by atoms with Crippen molar-refractivity contribution in [3.8, 4) is 0 Å². The fraction of sp³-hybridized carbons (Fsp3) is 0.154. The summed E-state index contributed by atoms with van der Waals surface area (Å²) in [4.78, 5) is 4.27. The average molecular weight is 310 g/mol. The van der Waals surface area contributed by atoms with E-state index in [1.54, 1.807) is 19.2 Å². The maximum absolute atomic E-state index is 13.6. The molecule has 18 heavy (non-hydrogen) atoms. The van der Waals surface area contributed by atoms with Gasteiger partial charge in [-0.2, -0.15) is 0 Å². The van der Waals surface area contributed by atoms with Crippen molar-refractivity contribution in [1.29, 1.82) is 0 Å². The zero-order chi connectivity index (χ0) is 13.1. The van der Waals surface area contributed by atoms with Crippen LogP contribution >= 0.6 is 15.9 Å². The molecule has 0 aliphatic heterocycles. The van der Waals surface area contributed by atoms with Crippen LogP contribution in [0.1, 0.15) is 22.9 Å². The Morgan fingerprint density at radius 3 is 2.78 bits per heavy atom. The summed E-state index contributed by atoms with van der Waals surface area (Å²) in [6, 6.07) is 8.38. The Labute approximate surface area is 113 Å². The normalized spacial score (nSPS) is 12.4. The third-order valence-corrected chi connectivity index (χ3v) is 3.43.